The number of aromatic nitrogens is 2. The molecule has 78 valence electrons. The molecule has 15 heavy (non-hydrogen) atoms. The lowest BCUT2D eigenvalue weighted by atomic mass is 10.1. The molecule has 4 nitrogen and oxygen atoms in total. The Balaban J connectivity index is 2.40. The summed E-state index contributed by atoms with van der Waals surface area (Å²) in [5, 5.41) is 13.0. The van der Waals surface area contributed by atoms with Gasteiger partial charge < -0.3 is 5.11 Å². The Bertz CT molecular complexity index is 502. The Hall–Kier alpha value is -1.84. The third-order valence-electron chi connectivity index (χ3n) is 2.43. The van der Waals surface area contributed by atoms with Crippen LogP contribution in [0.15, 0.2) is 24.4 Å². The zero-order valence-corrected chi connectivity index (χ0v) is 8.47. The Morgan fingerprint density at radius 3 is 3.07 bits per heavy atom. The van der Waals surface area contributed by atoms with Gasteiger partial charge in [0.15, 0.2) is 0 Å². The summed E-state index contributed by atoms with van der Waals surface area (Å²) in [6.07, 6.45) is 2.55. The Labute approximate surface area is 87.2 Å². The number of fused-ring (bicyclic) bond motifs is 1. The van der Waals surface area contributed by atoms with Crippen molar-refractivity contribution < 1.29 is 9.90 Å². The molecule has 0 amide bonds. The van der Waals surface area contributed by atoms with E-state index in [1.54, 1.807) is 4.52 Å². The molecular weight excluding hydrogens is 192 g/mol. The zero-order valence-electron chi connectivity index (χ0n) is 8.47. The summed E-state index contributed by atoms with van der Waals surface area (Å²) in [5.74, 6) is -0.773. The molecule has 0 atom stereocenters. The third-order valence-corrected chi connectivity index (χ3v) is 2.43. The number of rotatable bonds is 3. The number of nitrogens with zero attached hydrogens (tertiary/aromatic N) is 2. The lowest BCUT2D eigenvalue weighted by Crippen LogP contribution is -1.98. The quantitative estimate of drug-likeness (QED) is 0.827. The van der Waals surface area contributed by atoms with Crippen LogP contribution in [0, 0.1) is 6.92 Å². The molecule has 0 radical (unpaired) electrons. The molecule has 2 rings (SSSR count). The molecule has 0 bridgehead atoms. The fourth-order valence-corrected chi connectivity index (χ4v) is 1.71. The van der Waals surface area contributed by atoms with Gasteiger partial charge in [-0.05, 0) is 25.5 Å². The molecule has 2 aromatic rings. The molecule has 0 unspecified atom stereocenters. The van der Waals surface area contributed by atoms with Gasteiger partial charge >= 0.3 is 5.97 Å². The number of carboxylic acid groups (broad SMARTS) is 1. The van der Waals surface area contributed by atoms with Crippen LogP contribution in [-0.4, -0.2) is 20.7 Å². The van der Waals surface area contributed by atoms with E-state index in [2.05, 4.69) is 5.10 Å². The van der Waals surface area contributed by atoms with Crippen LogP contribution in [-0.2, 0) is 11.2 Å². The van der Waals surface area contributed by atoms with Crippen molar-refractivity contribution in [2.24, 2.45) is 0 Å². The maximum absolute atomic E-state index is 10.5. The van der Waals surface area contributed by atoms with Crippen molar-refractivity contribution in [3.8, 4) is 0 Å². The van der Waals surface area contributed by atoms with Gasteiger partial charge in [-0.25, -0.2) is 4.52 Å². The van der Waals surface area contributed by atoms with Crippen LogP contribution >= 0.6 is 0 Å². The van der Waals surface area contributed by atoms with Crippen LogP contribution in [0.5, 0.6) is 0 Å². The van der Waals surface area contributed by atoms with Crippen molar-refractivity contribution in [1.82, 2.24) is 9.61 Å². The van der Waals surface area contributed by atoms with E-state index < -0.39 is 5.97 Å². The molecule has 0 aliphatic rings. The van der Waals surface area contributed by atoms with Gasteiger partial charge in [0, 0.05) is 18.2 Å². The summed E-state index contributed by atoms with van der Waals surface area (Å²) < 4.78 is 1.78. The predicted octanol–water partition coefficient (Wildman–Crippen LogP) is 1.66. The first-order valence-electron chi connectivity index (χ1n) is 4.83. The monoisotopic (exact) mass is 204 g/mol. The molecule has 0 fully saturated rings. The number of carbonyl (C=O) groups is 1. The van der Waals surface area contributed by atoms with Crippen LogP contribution in [0.2, 0.25) is 0 Å². The maximum atomic E-state index is 10.5. The molecule has 0 spiro atoms. The Morgan fingerprint density at radius 2 is 2.33 bits per heavy atom. The molecular formula is C11H12N2O2. The summed E-state index contributed by atoms with van der Waals surface area (Å²) >= 11 is 0. The Morgan fingerprint density at radius 1 is 1.53 bits per heavy atom. The first-order chi connectivity index (χ1) is 7.18. The van der Waals surface area contributed by atoms with Gasteiger partial charge in [-0.3, -0.25) is 4.79 Å². The summed E-state index contributed by atoms with van der Waals surface area (Å²) in [7, 11) is 0. The molecule has 0 saturated carbocycles. The molecule has 0 saturated heterocycles. The fourth-order valence-electron chi connectivity index (χ4n) is 1.71. The minimum absolute atomic E-state index is 0.150. The number of pyridine rings is 1. The van der Waals surface area contributed by atoms with Gasteiger partial charge in [-0.1, -0.05) is 6.07 Å². The van der Waals surface area contributed by atoms with E-state index >= 15 is 0 Å². The normalized spacial score (nSPS) is 10.7. The first kappa shape index (κ1) is 9.71. The van der Waals surface area contributed by atoms with Crippen LogP contribution in [0.4, 0.5) is 0 Å². The van der Waals surface area contributed by atoms with E-state index in [1.165, 1.54) is 0 Å². The van der Waals surface area contributed by atoms with Crippen molar-refractivity contribution >= 4 is 11.5 Å². The van der Waals surface area contributed by atoms with Gasteiger partial charge in [0.05, 0.1) is 11.2 Å². The average Bonchev–Trinajstić information content (AvgIpc) is 2.50. The van der Waals surface area contributed by atoms with Gasteiger partial charge in [0.2, 0.25) is 0 Å². The van der Waals surface area contributed by atoms with Crippen molar-refractivity contribution in [2.75, 3.05) is 0 Å². The van der Waals surface area contributed by atoms with Crippen LogP contribution in [0.25, 0.3) is 5.52 Å². The van der Waals surface area contributed by atoms with Crippen LogP contribution in [0.1, 0.15) is 17.7 Å². The molecule has 4 heteroatoms. The predicted molar refractivity (Wildman–Crippen MR) is 55.9 cm³/mol. The van der Waals surface area contributed by atoms with E-state index in [4.69, 9.17) is 5.11 Å². The lowest BCUT2D eigenvalue weighted by Gasteiger charge is -1.97. The van der Waals surface area contributed by atoms with E-state index in [0.717, 1.165) is 16.8 Å². The summed E-state index contributed by atoms with van der Waals surface area (Å²) in [6, 6.07) is 5.79. The lowest BCUT2D eigenvalue weighted by molar-refractivity contribution is -0.136. The highest BCUT2D eigenvalue weighted by Gasteiger charge is 2.09. The highest BCUT2D eigenvalue weighted by molar-refractivity contribution is 5.68. The number of aryl methyl sites for hydroxylation is 2. The van der Waals surface area contributed by atoms with Gasteiger partial charge in [-0.15, -0.1) is 0 Å². The minimum Gasteiger partial charge on any atom is -0.481 e. The van der Waals surface area contributed by atoms with Crippen molar-refractivity contribution in [2.45, 2.75) is 19.8 Å². The minimum atomic E-state index is -0.773. The zero-order chi connectivity index (χ0) is 10.8. The first-order valence-corrected chi connectivity index (χ1v) is 4.83. The fraction of sp³-hybridized carbons (Fsp3) is 0.273. The van der Waals surface area contributed by atoms with Crippen molar-refractivity contribution in [1.29, 1.82) is 0 Å². The Kier molecular flexibility index (Phi) is 2.41. The van der Waals surface area contributed by atoms with Crippen LogP contribution in [0.3, 0.4) is 0 Å². The second-order valence-electron chi connectivity index (χ2n) is 3.49. The number of hydrogen-bond acceptors (Lipinski definition) is 2. The van der Waals surface area contributed by atoms with Crippen molar-refractivity contribution in [3.05, 3.63) is 35.7 Å². The molecule has 2 aromatic heterocycles. The van der Waals surface area contributed by atoms with Gasteiger partial charge in [0.1, 0.15) is 0 Å². The topological polar surface area (TPSA) is 54.6 Å². The molecule has 1 N–H and O–H groups in total. The highest BCUT2D eigenvalue weighted by atomic mass is 16.4. The standard InChI is InChI=1S/C11H12N2O2/c1-8-9(5-6-11(14)15)10-4-2-3-7-13(10)12-8/h2-4,7H,5-6H2,1H3,(H,14,15). The van der Waals surface area contributed by atoms with E-state index in [9.17, 15) is 4.79 Å². The van der Waals surface area contributed by atoms with E-state index in [1.807, 2.05) is 31.3 Å². The van der Waals surface area contributed by atoms with E-state index in [0.29, 0.717) is 6.42 Å². The largest absolute Gasteiger partial charge is 0.481 e. The van der Waals surface area contributed by atoms with E-state index in [-0.39, 0.29) is 6.42 Å². The second kappa shape index (κ2) is 3.73. The second-order valence-corrected chi connectivity index (χ2v) is 3.49. The van der Waals surface area contributed by atoms with Gasteiger partial charge in [-0.2, -0.15) is 5.10 Å². The van der Waals surface area contributed by atoms with Crippen LogP contribution < -0.4 is 0 Å². The number of hydrogen-bond donors (Lipinski definition) is 1. The highest BCUT2D eigenvalue weighted by Crippen LogP contribution is 2.16. The summed E-state index contributed by atoms with van der Waals surface area (Å²) in [5.41, 5.74) is 2.93. The van der Waals surface area contributed by atoms with Crippen molar-refractivity contribution in [3.63, 3.8) is 0 Å². The molecule has 2 heterocycles. The summed E-state index contributed by atoms with van der Waals surface area (Å²) in [4.78, 5) is 10.5. The smallest absolute Gasteiger partial charge is 0.303 e. The molecule has 0 aromatic carbocycles. The van der Waals surface area contributed by atoms with Gasteiger partial charge in [0.25, 0.3) is 0 Å². The summed E-state index contributed by atoms with van der Waals surface area (Å²) in [6.45, 7) is 1.91. The number of aliphatic carboxylic acids is 1. The number of carboxylic acids is 1. The molecule has 0 aliphatic carbocycles. The maximum Gasteiger partial charge on any atom is 0.303 e. The molecule has 0 aliphatic heterocycles. The average molecular weight is 204 g/mol. The SMILES string of the molecule is Cc1nn2ccccc2c1CCC(=O)O. The third kappa shape index (κ3) is 1.83.